The van der Waals surface area contributed by atoms with Crippen molar-refractivity contribution < 1.29 is 14.7 Å². The van der Waals surface area contributed by atoms with E-state index in [1.807, 2.05) is 4.90 Å². The summed E-state index contributed by atoms with van der Waals surface area (Å²) in [7, 11) is 1.80. The lowest BCUT2D eigenvalue weighted by atomic mass is 9.88. The van der Waals surface area contributed by atoms with Crippen molar-refractivity contribution in [3.8, 4) is 0 Å². The predicted octanol–water partition coefficient (Wildman–Crippen LogP) is 1.28. The molecule has 0 radical (unpaired) electrons. The molecule has 1 amide bonds. The maximum Gasteiger partial charge on any atom is 0.303 e. The van der Waals surface area contributed by atoms with E-state index in [-0.39, 0.29) is 30.3 Å². The van der Waals surface area contributed by atoms with Gasteiger partial charge in [0.1, 0.15) is 5.69 Å². The molecule has 2 unspecified atom stereocenters. The third-order valence-electron chi connectivity index (χ3n) is 4.46. The molecule has 2 bridgehead atoms. The number of carboxylic acids is 1. The first kappa shape index (κ1) is 13.1. The number of aryl methyl sites for hydroxylation is 1. The monoisotopic (exact) mass is 277 g/mol. The molecular formula is C14H19N3O3. The predicted molar refractivity (Wildman–Crippen MR) is 71.2 cm³/mol. The first-order valence-corrected chi connectivity index (χ1v) is 7.08. The number of hydrogen-bond acceptors (Lipinski definition) is 3. The van der Waals surface area contributed by atoms with Gasteiger partial charge in [0.2, 0.25) is 0 Å². The quantitative estimate of drug-likeness (QED) is 0.903. The van der Waals surface area contributed by atoms with Crippen LogP contribution < -0.4 is 0 Å². The van der Waals surface area contributed by atoms with Gasteiger partial charge in [-0.15, -0.1) is 0 Å². The van der Waals surface area contributed by atoms with E-state index >= 15 is 0 Å². The number of carboxylic acid groups (broad SMARTS) is 1. The summed E-state index contributed by atoms with van der Waals surface area (Å²) in [6.07, 6.45) is 5.58. The maximum absolute atomic E-state index is 12.5. The molecule has 1 aromatic rings. The number of aliphatic carboxylic acids is 1. The molecular weight excluding hydrogens is 258 g/mol. The van der Waals surface area contributed by atoms with Crippen LogP contribution in [0, 0.1) is 5.92 Å². The molecule has 6 nitrogen and oxygen atoms in total. The highest BCUT2D eigenvalue weighted by atomic mass is 16.4. The van der Waals surface area contributed by atoms with Crippen LogP contribution in [0.1, 0.15) is 42.6 Å². The largest absolute Gasteiger partial charge is 0.481 e. The SMILES string of the molecule is Cn1ccc(C(=O)N2C3CCC2CC(CC(=O)O)C3)n1. The smallest absolute Gasteiger partial charge is 0.303 e. The van der Waals surface area contributed by atoms with E-state index in [0.29, 0.717) is 5.69 Å². The number of aromatic nitrogens is 2. The fourth-order valence-electron chi connectivity index (χ4n) is 3.70. The molecule has 2 saturated heterocycles. The zero-order valence-electron chi connectivity index (χ0n) is 11.5. The number of rotatable bonds is 3. The van der Waals surface area contributed by atoms with Crippen molar-refractivity contribution in [3.05, 3.63) is 18.0 Å². The summed E-state index contributed by atoms with van der Waals surface area (Å²) in [5.41, 5.74) is 0.487. The third kappa shape index (κ3) is 2.30. The van der Waals surface area contributed by atoms with Crippen molar-refractivity contribution in [2.24, 2.45) is 13.0 Å². The normalized spacial score (nSPS) is 28.6. The van der Waals surface area contributed by atoms with Crippen LogP contribution in [-0.2, 0) is 11.8 Å². The van der Waals surface area contributed by atoms with E-state index in [0.717, 1.165) is 25.7 Å². The second-order valence-corrected chi connectivity index (χ2v) is 5.91. The van der Waals surface area contributed by atoms with Gasteiger partial charge in [0.25, 0.3) is 5.91 Å². The molecule has 2 aliphatic heterocycles. The molecule has 0 aromatic carbocycles. The molecule has 2 atom stereocenters. The van der Waals surface area contributed by atoms with Crippen LogP contribution in [0.2, 0.25) is 0 Å². The van der Waals surface area contributed by atoms with Crippen LogP contribution in [0.5, 0.6) is 0 Å². The number of fused-ring (bicyclic) bond motifs is 2. The van der Waals surface area contributed by atoms with E-state index in [4.69, 9.17) is 5.11 Å². The second-order valence-electron chi connectivity index (χ2n) is 5.91. The summed E-state index contributed by atoms with van der Waals surface area (Å²) in [4.78, 5) is 25.3. The Labute approximate surface area is 117 Å². The van der Waals surface area contributed by atoms with E-state index < -0.39 is 5.97 Å². The van der Waals surface area contributed by atoms with Gasteiger partial charge < -0.3 is 10.0 Å². The zero-order valence-corrected chi connectivity index (χ0v) is 11.5. The zero-order chi connectivity index (χ0) is 14.3. The highest BCUT2D eigenvalue weighted by Gasteiger charge is 2.44. The summed E-state index contributed by atoms with van der Waals surface area (Å²) in [6.45, 7) is 0. The number of hydrogen-bond donors (Lipinski definition) is 1. The molecule has 0 spiro atoms. The van der Waals surface area contributed by atoms with Crippen LogP contribution >= 0.6 is 0 Å². The Morgan fingerprint density at radius 2 is 2.00 bits per heavy atom. The topological polar surface area (TPSA) is 75.4 Å². The summed E-state index contributed by atoms with van der Waals surface area (Å²) in [5, 5.41) is 13.1. The van der Waals surface area contributed by atoms with Crippen LogP contribution in [0.15, 0.2) is 12.3 Å². The number of carbonyl (C=O) groups is 2. The van der Waals surface area contributed by atoms with Gasteiger partial charge in [0.05, 0.1) is 0 Å². The molecule has 2 fully saturated rings. The minimum absolute atomic E-state index is 0.00752. The van der Waals surface area contributed by atoms with Crippen LogP contribution in [0.3, 0.4) is 0 Å². The highest BCUT2D eigenvalue weighted by molar-refractivity contribution is 5.93. The van der Waals surface area contributed by atoms with Crippen molar-refractivity contribution in [1.82, 2.24) is 14.7 Å². The van der Waals surface area contributed by atoms with Gasteiger partial charge in [0.15, 0.2) is 0 Å². The molecule has 3 heterocycles. The van der Waals surface area contributed by atoms with Crippen molar-refractivity contribution >= 4 is 11.9 Å². The summed E-state index contributed by atoms with van der Waals surface area (Å²) in [6, 6.07) is 2.12. The van der Waals surface area contributed by atoms with E-state index in [9.17, 15) is 9.59 Å². The standard InChI is InChI=1S/C14H19N3O3/c1-16-5-4-12(15-16)14(20)17-10-2-3-11(17)7-9(6-10)8-13(18)19/h4-5,9-11H,2-3,6-8H2,1H3,(H,18,19). The minimum Gasteiger partial charge on any atom is -0.481 e. The lowest BCUT2D eigenvalue weighted by Gasteiger charge is -2.38. The van der Waals surface area contributed by atoms with E-state index in [1.165, 1.54) is 0 Å². The Morgan fingerprint density at radius 3 is 2.50 bits per heavy atom. The third-order valence-corrected chi connectivity index (χ3v) is 4.46. The number of piperidine rings is 1. The molecule has 2 aliphatic rings. The van der Waals surface area contributed by atoms with E-state index in [1.54, 1.807) is 24.0 Å². The van der Waals surface area contributed by atoms with Gasteiger partial charge in [-0.25, -0.2) is 0 Å². The Bertz CT molecular complexity index is 526. The highest BCUT2D eigenvalue weighted by Crippen LogP contribution is 2.40. The number of nitrogens with zero attached hydrogens (tertiary/aromatic N) is 3. The van der Waals surface area contributed by atoms with Crippen molar-refractivity contribution in [3.63, 3.8) is 0 Å². The maximum atomic E-state index is 12.5. The van der Waals surface area contributed by atoms with Gasteiger partial charge in [-0.1, -0.05) is 0 Å². The van der Waals surface area contributed by atoms with Crippen LogP contribution in [0.4, 0.5) is 0 Å². The molecule has 6 heteroatoms. The molecule has 1 N–H and O–H groups in total. The lowest BCUT2D eigenvalue weighted by Crippen LogP contribution is -2.47. The molecule has 0 aliphatic carbocycles. The average molecular weight is 277 g/mol. The van der Waals surface area contributed by atoms with Gasteiger partial charge in [-0.2, -0.15) is 5.10 Å². The molecule has 1 aromatic heterocycles. The van der Waals surface area contributed by atoms with Gasteiger partial charge >= 0.3 is 5.97 Å². The number of carbonyl (C=O) groups excluding carboxylic acids is 1. The Balaban J connectivity index is 1.74. The first-order valence-electron chi connectivity index (χ1n) is 7.08. The molecule has 20 heavy (non-hydrogen) atoms. The fourth-order valence-corrected chi connectivity index (χ4v) is 3.70. The van der Waals surface area contributed by atoms with Crippen molar-refractivity contribution in [1.29, 1.82) is 0 Å². The fraction of sp³-hybridized carbons (Fsp3) is 0.643. The Hall–Kier alpha value is -1.85. The average Bonchev–Trinajstić information content (AvgIpc) is 2.91. The molecule has 0 saturated carbocycles. The molecule has 108 valence electrons. The molecule has 3 rings (SSSR count). The van der Waals surface area contributed by atoms with Crippen molar-refractivity contribution in [2.45, 2.75) is 44.2 Å². The Morgan fingerprint density at radius 1 is 1.35 bits per heavy atom. The minimum atomic E-state index is -0.737. The Kier molecular flexibility index (Phi) is 3.23. The van der Waals surface area contributed by atoms with Crippen LogP contribution in [0.25, 0.3) is 0 Å². The summed E-state index contributed by atoms with van der Waals surface area (Å²) in [5.74, 6) is -0.538. The second kappa shape index (κ2) is 4.92. The van der Waals surface area contributed by atoms with Crippen molar-refractivity contribution in [2.75, 3.05) is 0 Å². The van der Waals surface area contributed by atoms with Gasteiger partial charge in [0, 0.05) is 31.7 Å². The van der Waals surface area contributed by atoms with E-state index in [2.05, 4.69) is 5.10 Å². The lowest BCUT2D eigenvalue weighted by molar-refractivity contribution is -0.138. The summed E-state index contributed by atoms with van der Waals surface area (Å²) < 4.78 is 1.63. The summed E-state index contributed by atoms with van der Waals surface area (Å²) >= 11 is 0. The number of amides is 1. The first-order chi connectivity index (χ1) is 9.54. The van der Waals surface area contributed by atoms with Gasteiger partial charge in [-0.3, -0.25) is 14.3 Å². The van der Waals surface area contributed by atoms with Gasteiger partial charge in [-0.05, 0) is 37.7 Å². The van der Waals surface area contributed by atoms with Crippen LogP contribution in [-0.4, -0.2) is 43.7 Å².